The largest absolute Gasteiger partial charge is 0.496 e. The van der Waals surface area contributed by atoms with Crippen LogP contribution in [0.1, 0.15) is 31.2 Å². The topological polar surface area (TPSA) is 63.2 Å². The smallest absolute Gasteiger partial charge is 0.228 e. The molecule has 1 saturated carbocycles. The Balaban J connectivity index is 1.42. The van der Waals surface area contributed by atoms with Crippen LogP contribution in [0.3, 0.4) is 0 Å². The van der Waals surface area contributed by atoms with Crippen molar-refractivity contribution in [3.63, 3.8) is 0 Å². The van der Waals surface area contributed by atoms with E-state index in [9.17, 15) is 13.6 Å². The van der Waals surface area contributed by atoms with Gasteiger partial charge in [-0.25, -0.2) is 13.8 Å². The van der Waals surface area contributed by atoms with Crippen LogP contribution in [-0.4, -0.2) is 24.0 Å². The lowest BCUT2D eigenvalue weighted by atomic mass is 9.85. The van der Waals surface area contributed by atoms with Gasteiger partial charge in [0.15, 0.2) is 0 Å². The second kappa shape index (κ2) is 10.5. The second-order valence-corrected chi connectivity index (χ2v) is 8.31. The summed E-state index contributed by atoms with van der Waals surface area (Å²) in [5, 5.41) is 6.38. The highest BCUT2D eigenvalue weighted by Gasteiger charge is 2.27. The molecule has 0 saturated heterocycles. The average Bonchev–Trinajstić information content (AvgIpc) is 2.85. The van der Waals surface area contributed by atoms with Crippen molar-refractivity contribution >= 4 is 11.7 Å². The molecular weight excluding hydrogens is 424 g/mol. The molecule has 3 aromatic rings. The molecule has 1 amide bonds. The molecule has 1 aromatic heterocycles. The molecule has 5 nitrogen and oxygen atoms in total. The Labute approximate surface area is 192 Å². The van der Waals surface area contributed by atoms with E-state index in [-0.39, 0.29) is 35.0 Å². The maximum Gasteiger partial charge on any atom is 0.228 e. The quantitative estimate of drug-likeness (QED) is 0.510. The standard InChI is InChI=1S/C26H27F2N3O2/c1-33-24-13-19(27)10-11-21(24)22-14-25(30-16-23(22)28)31-26(32)18-8-5-9-20(12-18)29-15-17-6-3-2-4-7-17/h2-4,6-7,10-11,13-14,16,18,20,29H,5,8-9,12,15H2,1H3,(H,30,31,32)/t18-,20+/m0/s1. The van der Waals surface area contributed by atoms with Crippen molar-refractivity contribution in [2.75, 3.05) is 12.4 Å². The number of nitrogens with one attached hydrogen (secondary N) is 2. The van der Waals surface area contributed by atoms with Crippen molar-refractivity contribution < 1.29 is 18.3 Å². The SMILES string of the molecule is COc1cc(F)ccc1-c1cc(NC(=O)[C@H]2CCC[C@@H](NCc3ccccc3)C2)ncc1F. The van der Waals surface area contributed by atoms with Crippen LogP contribution in [0.25, 0.3) is 11.1 Å². The van der Waals surface area contributed by atoms with E-state index in [0.717, 1.165) is 38.4 Å². The third-order valence-electron chi connectivity index (χ3n) is 6.04. The first-order chi connectivity index (χ1) is 16.0. The molecule has 0 unspecified atom stereocenters. The van der Waals surface area contributed by atoms with Crippen molar-refractivity contribution in [3.8, 4) is 16.9 Å². The molecule has 1 heterocycles. The fourth-order valence-electron chi connectivity index (χ4n) is 4.30. The fourth-order valence-corrected chi connectivity index (χ4v) is 4.30. The van der Waals surface area contributed by atoms with Crippen LogP contribution in [0.4, 0.5) is 14.6 Å². The van der Waals surface area contributed by atoms with Gasteiger partial charge in [0.1, 0.15) is 23.2 Å². The molecular formula is C26H27F2N3O2. The summed E-state index contributed by atoms with van der Waals surface area (Å²) in [6.07, 6.45) is 4.58. The molecule has 0 bridgehead atoms. The van der Waals surface area contributed by atoms with Crippen LogP contribution in [0.2, 0.25) is 0 Å². The molecule has 2 N–H and O–H groups in total. The third-order valence-corrected chi connectivity index (χ3v) is 6.04. The molecule has 7 heteroatoms. The number of benzene rings is 2. The molecule has 1 aliphatic rings. The lowest BCUT2D eigenvalue weighted by Gasteiger charge is -2.29. The minimum Gasteiger partial charge on any atom is -0.496 e. The number of carbonyl (C=O) groups excluding carboxylic acids is 1. The number of hydrogen-bond acceptors (Lipinski definition) is 4. The van der Waals surface area contributed by atoms with Gasteiger partial charge in [0.2, 0.25) is 5.91 Å². The fraction of sp³-hybridized carbons (Fsp3) is 0.308. The highest BCUT2D eigenvalue weighted by atomic mass is 19.1. The first-order valence-electron chi connectivity index (χ1n) is 11.1. The van der Waals surface area contributed by atoms with E-state index < -0.39 is 11.6 Å². The Morgan fingerprint density at radius 1 is 1.09 bits per heavy atom. The summed E-state index contributed by atoms with van der Waals surface area (Å²) >= 11 is 0. The number of ether oxygens (including phenoxy) is 1. The molecule has 0 radical (unpaired) electrons. The number of nitrogens with zero attached hydrogens (tertiary/aromatic N) is 1. The molecule has 2 aromatic carbocycles. The van der Waals surface area contributed by atoms with Gasteiger partial charge in [-0.3, -0.25) is 4.79 Å². The number of halogens is 2. The van der Waals surface area contributed by atoms with Gasteiger partial charge in [-0.1, -0.05) is 36.8 Å². The van der Waals surface area contributed by atoms with Crippen LogP contribution >= 0.6 is 0 Å². The first kappa shape index (κ1) is 22.9. The lowest BCUT2D eigenvalue weighted by molar-refractivity contribution is -0.121. The van der Waals surface area contributed by atoms with Gasteiger partial charge in [-0.15, -0.1) is 0 Å². The molecule has 33 heavy (non-hydrogen) atoms. The Bertz CT molecular complexity index is 1110. The van der Waals surface area contributed by atoms with Gasteiger partial charge >= 0.3 is 0 Å². The summed E-state index contributed by atoms with van der Waals surface area (Å²) in [7, 11) is 1.39. The lowest BCUT2D eigenvalue weighted by Crippen LogP contribution is -2.37. The van der Waals surface area contributed by atoms with Crippen LogP contribution < -0.4 is 15.4 Å². The first-order valence-corrected chi connectivity index (χ1v) is 11.1. The van der Waals surface area contributed by atoms with Gasteiger partial charge in [-0.05, 0) is 43.0 Å². The summed E-state index contributed by atoms with van der Waals surface area (Å²) in [5.41, 5.74) is 1.78. The predicted octanol–water partition coefficient (Wildman–Crippen LogP) is 5.32. The summed E-state index contributed by atoms with van der Waals surface area (Å²) in [6.45, 7) is 0.766. The second-order valence-electron chi connectivity index (χ2n) is 8.31. The summed E-state index contributed by atoms with van der Waals surface area (Å²) in [5.74, 6) is -0.883. The van der Waals surface area contributed by atoms with E-state index in [4.69, 9.17) is 4.74 Å². The number of amides is 1. The molecule has 2 atom stereocenters. The van der Waals surface area contributed by atoms with Gasteiger partial charge in [0, 0.05) is 35.7 Å². The van der Waals surface area contributed by atoms with E-state index in [1.165, 1.54) is 36.9 Å². The Kier molecular flexibility index (Phi) is 7.29. The molecule has 0 aliphatic heterocycles. The van der Waals surface area contributed by atoms with Gasteiger partial charge < -0.3 is 15.4 Å². The molecule has 4 rings (SSSR count). The van der Waals surface area contributed by atoms with Crippen molar-refractivity contribution in [2.45, 2.75) is 38.3 Å². The van der Waals surface area contributed by atoms with Crippen LogP contribution in [0.15, 0.2) is 60.8 Å². The number of aromatic nitrogens is 1. The number of carbonyl (C=O) groups is 1. The zero-order chi connectivity index (χ0) is 23.2. The Morgan fingerprint density at radius 3 is 2.70 bits per heavy atom. The zero-order valence-electron chi connectivity index (χ0n) is 18.5. The van der Waals surface area contributed by atoms with E-state index in [1.54, 1.807) is 0 Å². The predicted molar refractivity (Wildman–Crippen MR) is 124 cm³/mol. The van der Waals surface area contributed by atoms with Crippen molar-refractivity contribution in [3.05, 3.63) is 78.0 Å². The normalized spacial score (nSPS) is 18.0. The maximum absolute atomic E-state index is 14.5. The molecule has 172 valence electrons. The van der Waals surface area contributed by atoms with Crippen LogP contribution in [0, 0.1) is 17.6 Å². The number of rotatable bonds is 7. The van der Waals surface area contributed by atoms with Gasteiger partial charge in [0.25, 0.3) is 0 Å². The Morgan fingerprint density at radius 2 is 1.91 bits per heavy atom. The van der Waals surface area contributed by atoms with E-state index in [0.29, 0.717) is 5.56 Å². The van der Waals surface area contributed by atoms with Crippen molar-refractivity contribution in [2.24, 2.45) is 5.92 Å². The molecule has 1 fully saturated rings. The molecule has 0 spiro atoms. The molecule has 1 aliphatic carbocycles. The highest BCUT2D eigenvalue weighted by Crippen LogP contribution is 2.33. The highest BCUT2D eigenvalue weighted by molar-refractivity contribution is 5.92. The Hall–Kier alpha value is -3.32. The van der Waals surface area contributed by atoms with Crippen molar-refractivity contribution in [1.29, 1.82) is 0 Å². The van der Waals surface area contributed by atoms with Crippen LogP contribution in [0.5, 0.6) is 5.75 Å². The van der Waals surface area contributed by atoms with Gasteiger partial charge in [-0.2, -0.15) is 0 Å². The summed E-state index contributed by atoms with van der Waals surface area (Å²) in [4.78, 5) is 17.0. The van der Waals surface area contributed by atoms with Crippen LogP contribution in [-0.2, 0) is 11.3 Å². The minimum atomic E-state index is -0.583. The van der Waals surface area contributed by atoms with E-state index in [2.05, 4.69) is 27.8 Å². The van der Waals surface area contributed by atoms with E-state index in [1.807, 2.05) is 18.2 Å². The summed E-state index contributed by atoms with van der Waals surface area (Å²) < 4.78 is 33.2. The average molecular weight is 452 g/mol. The summed E-state index contributed by atoms with van der Waals surface area (Å²) in [6, 6.07) is 15.8. The van der Waals surface area contributed by atoms with E-state index >= 15 is 0 Å². The van der Waals surface area contributed by atoms with Gasteiger partial charge in [0.05, 0.1) is 13.3 Å². The maximum atomic E-state index is 14.5. The van der Waals surface area contributed by atoms with Crippen molar-refractivity contribution in [1.82, 2.24) is 10.3 Å². The number of anilines is 1. The monoisotopic (exact) mass is 451 g/mol. The number of pyridine rings is 1. The minimum absolute atomic E-state index is 0.127. The number of hydrogen-bond donors (Lipinski definition) is 2. The zero-order valence-corrected chi connectivity index (χ0v) is 18.5. The third kappa shape index (κ3) is 5.73. The number of methoxy groups -OCH3 is 1.